The van der Waals surface area contributed by atoms with Crippen LogP contribution < -0.4 is 5.73 Å². The van der Waals surface area contributed by atoms with E-state index >= 15 is 0 Å². The molecule has 0 saturated heterocycles. The molecule has 0 amide bonds. The smallest absolute Gasteiger partial charge is 0.132 e. The van der Waals surface area contributed by atoms with Gasteiger partial charge in [0, 0.05) is 12.0 Å². The highest BCUT2D eigenvalue weighted by molar-refractivity contribution is 5.72. The van der Waals surface area contributed by atoms with Gasteiger partial charge in [0.15, 0.2) is 0 Å². The molecule has 2 N–H and O–H groups in total. The normalized spacial score (nSPS) is 11.0. The Morgan fingerprint density at radius 1 is 1.00 bits per heavy atom. The minimum absolute atomic E-state index is 0.757. The van der Waals surface area contributed by atoms with Gasteiger partial charge in [-0.2, -0.15) is 0 Å². The monoisotopic (exact) mass is 319 g/mol. The van der Waals surface area contributed by atoms with Gasteiger partial charge in [0.2, 0.25) is 0 Å². The summed E-state index contributed by atoms with van der Waals surface area (Å²) in [6, 6.07) is 16.9. The SMILES string of the molecule is CCCc1nc(-c2cc(C)cc(C)c2)c(N)n1Cc1ccccc1. The third-order valence-electron chi connectivity index (χ3n) is 4.24. The summed E-state index contributed by atoms with van der Waals surface area (Å²) in [5.41, 5.74) is 12.2. The molecular weight excluding hydrogens is 294 g/mol. The zero-order chi connectivity index (χ0) is 17.1. The van der Waals surface area contributed by atoms with Gasteiger partial charge in [0.1, 0.15) is 17.3 Å². The molecule has 0 atom stereocenters. The number of anilines is 1. The van der Waals surface area contributed by atoms with Gasteiger partial charge in [0.05, 0.1) is 6.54 Å². The Balaban J connectivity index is 2.07. The molecule has 3 aromatic rings. The fourth-order valence-electron chi connectivity index (χ4n) is 3.19. The fourth-order valence-corrected chi connectivity index (χ4v) is 3.19. The van der Waals surface area contributed by atoms with Gasteiger partial charge in [-0.25, -0.2) is 4.98 Å². The van der Waals surface area contributed by atoms with Crippen LogP contribution in [0.2, 0.25) is 0 Å². The summed E-state index contributed by atoms with van der Waals surface area (Å²) >= 11 is 0. The van der Waals surface area contributed by atoms with Crippen LogP contribution >= 0.6 is 0 Å². The minimum Gasteiger partial charge on any atom is -0.383 e. The van der Waals surface area contributed by atoms with E-state index in [1.165, 1.54) is 16.7 Å². The Bertz CT molecular complexity index is 812. The molecule has 124 valence electrons. The first-order chi connectivity index (χ1) is 11.6. The fraction of sp³-hybridized carbons (Fsp3) is 0.286. The number of hydrogen-bond donors (Lipinski definition) is 1. The summed E-state index contributed by atoms with van der Waals surface area (Å²) in [4.78, 5) is 4.89. The van der Waals surface area contributed by atoms with Crippen molar-refractivity contribution in [3.63, 3.8) is 0 Å². The van der Waals surface area contributed by atoms with Crippen LogP contribution in [0, 0.1) is 13.8 Å². The molecule has 3 nitrogen and oxygen atoms in total. The summed E-state index contributed by atoms with van der Waals surface area (Å²) in [5, 5.41) is 0. The maximum Gasteiger partial charge on any atom is 0.132 e. The molecule has 0 unspecified atom stereocenters. The molecule has 0 radical (unpaired) electrons. The van der Waals surface area contributed by atoms with Crippen LogP contribution in [-0.4, -0.2) is 9.55 Å². The van der Waals surface area contributed by atoms with E-state index in [9.17, 15) is 0 Å². The molecule has 0 aliphatic rings. The van der Waals surface area contributed by atoms with Crippen LogP contribution in [-0.2, 0) is 13.0 Å². The predicted molar refractivity (Wildman–Crippen MR) is 101 cm³/mol. The van der Waals surface area contributed by atoms with Crippen molar-refractivity contribution in [3.05, 3.63) is 71.0 Å². The third kappa shape index (κ3) is 3.35. The Hall–Kier alpha value is -2.55. The molecule has 0 aliphatic carbocycles. The Labute approximate surface area is 144 Å². The lowest BCUT2D eigenvalue weighted by Gasteiger charge is -2.10. The summed E-state index contributed by atoms with van der Waals surface area (Å²) in [6.07, 6.45) is 1.99. The van der Waals surface area contributed by atoms with Gasteiger partial charge in [-0.3, -0.25) is 0 Å². The van der Waals surface area contributed by atoms with Crippen LogP contribution in [0.15, 0.2) is 48.5 Å². The molecule has 0 fully saturated rings. The van der Waals surface area contributed by atoms with E-state index in [-0.39, 0.29) is 0 Å². The summed E-state index contributed by atoms with van der Waals surface area (Å²) < 4.78 is 2.16. The lowest BCUT2D eigenvalue weighted by molar-refractivity contribution is 0.712. The maximum absolute atomic E-state index is 6.51. The lowest BCUT2D eigenvalue weighted by atomic mass is 10.1. The molecular formula is C21H25N3. The van der Waals surface area contributed by atoms with Crippen LogP contribution in [0.1, 0.15) is 35.9 Å². The number of aryl methyl sites for hydroxylation is 3. The second-order valence-electron chi connectivity index (χ2n) is 6.46. The van der Waals surface area contributed by atoms with E-state index in [0.717, 1.165) is 42.3 Å². The molecule has 24 heavy (non-hydrogen) atoms. The number of nitrogen functional groups attached to an aromatic ring is 1. The molecule has 1 aromatic heterocycles. The minimum atomic E-state index is 0.757. The van der Waals surface area contributed by atoms with E-state index in [4.69, 9.17) is 10.7 Å². The van der Waals surface area contributed by atoms with E-state index in [1.54, 1.807) is 0 Å². The van der Waals surface area contributed by atoms with Crippen molar-refractivity contribution in [2.45, 2.75) is 40.2 Å². The number of nitrogens with zero attached hydrogens (tertiary/aromatic N) is 2. The summed E-state index contributed by atoms with van der Waals surface area (Å²) in [7, 11) is 0. The first-order valence-corrected chi connectivity index (χ1v) is 8.56. The van der Waals surface area contributed by atoms with Gasteiger partial charge < -0.3 is 10.3 Å². The molecule has 0 spiro atoms. The van der Waals surface area contributed by atoms with Gasteiger partial charge in [-0.15, -0.1) is 0 Å². The highest BCUT2D eigenvalue weighted by Gasteiger charge is 2.16. The van der Waals surface area contributed by atoms with Crippen molar-refractivity contribution in [2.24, 2.45) is 0 Å². The van der Waals surface area contributed by atoms with Crippen LogP contribution in [0.25, 0.3) is 11.3 Å². The molecule has 3 rings (SSSR count). The first-order valence-electron chi connectivity index (χ1n) is 8.56. The Morgan fingerprint density at radius 2 is 1.67 bits per heavy atom. The maximum atomic E-state index is 6.51. The highest BCUT2D eigenvalue weighted by atomic mass is 15.1. The number of rotatable bonds is 5. The molecule has 0 aliphatic heterocycles. The van der Waals surface area contributed by atoms with Gasteiger partial charge >= 0.3 is 0 Å². The molecule has 0 bridgehead atoms. The van der Waals surface area contributed by atoms with E-state index in [0.29, 0.717) is 0 Å². The van der Waals surface area contributed by atoms with E-state index in [1.807, 2.05) is 6.07 Å². The molecule has 3 heteroatoms. The van der Waals surface area contributed by atoms with E-state index in [2.05, 4.69) is 67.8 Å². The largest absolute Gasteiger partial charge is 0.383 e. The van der Waals surface area contributed by atoms with Gasteiger partial charge in [-0.1, -0.05) is 54.4 Å². The number of nitrogens with two attached hydrogens (primary N) is 1. The van der Waals surface area contributed by atoms with Crippen molar-refractivity contribution < 1.29 is 0 Å². The van der Waals surface area contributed by atoms with E-state index < -0.39 is 0 Å². The predicted octanol–water partition coefficient (Wildman–Crippen LogP) is 4.75. The summed E-state index contributed by atoms with van der Waals surface area (Å²) in [5.74, 6) is 1.82. The quantitative estimate of drug-likeness (QED) is 0.737. The first kappa shape index (κ1) is 16.3. The van der Waals surface area contributed by atoms with Crippen molar-refractivity contribution in [1.82, 2.24) is 9.55 Å². The van der Waals surface area contributed by atoms with Gasteiger partial charge in [0.25, 0.3) is 0 Å². The van der Waals surface area contributed by atoms with Crippen LogP contribution in [0.5, 0.6) is 0 Å². The van der Waals surface area contributed by atoms with Crippen molar-refractivity contribution in [1.29, 1.82) is 0 Å². The average molecular weight is 319 g/mol. The Morgan fingerprint density at radius 3 is 2.29 bits per heavy atom. The molecule has 1 heterocycles. The second-order valence-corrected chi connectivity index (χ2v) is 6.46. The lowest BCUT2D eigenvalue weighted by Crippen LogP contribution is -2.08. The van der Waals surface area contributed by atoms with Crippen molar-refractivity contribution >= 4 is 5.82 Å². The van der Waals surface area contributed by atoms with Crippen LogP contribution in [0.4, 0.5) is 5.82 Å². The van der Waals surface area contributed by atoms with Crippen molar-refractivity contribution in [3.8, 4) is 11.3 Å². The third-order valence-corrected chi connectivity index (χ3v) is 4.24. The average Bonchev–Trinajstić information content (AvgIpc) is 2.85. The second kappa shape index (κ2) is 6.91. The standard InChI is InChI=1S/C21H25N3/c1-4-8-19-23-20(18-12-15(2)11-16(3)13-18)21(22)24(19)14-17-9-6-5-7-10-17/h5-7,9-13H,4,8,14,22H2,1-3H3. The molecule has 0 saturated carbocycles. The highest BCUT2D eigenvalue weighted by Crippen LogP contribution is 2.29. The van der Waals surface area contributed by atoms with Gasteiger partial charge in [-0.05, 0) is 38.0 Å². The molecule has 2 aromatic carbocycles. The number of hydrogen-bond acceptors (Lipinski definition) is 2. The number of aromatic nitrogens is 2. The van der Waals surface area contributed by atoms with Crippen molar-refractivity contribution in [2.75, 3.05) is 5.73 Å². The number of imidazole rings is 1. The number of benzene rings is 2. The van der Waals surface area contributed by atoms with Crippen LogP contribution in [0.3, 0.4) is 0 Å². The zero-order valence-electron chi connectivity index (χ0n) is 14.7. The topological polar surface area (TPSA) is 43.8 Å². The zero-order valence-corrected chi connectivity index (χ0v) is 14.7. The summed E-state index contributed by atoms with van der Waals surface area (Å²) in [6.45, 7) is 7.16. The Kier molecular flexibility index (Phi) is 4.70.